The maximum Gasteiger partial charge on any atom is 0.321 e. The molecule has 7 heteroatoms. The molecule has 0 aliphatic heterocycles. The van der Waals surface area contributed by atoms with Gasteiger partial charge in [0, 0.05) is 17.2 Å². The fourth-order valence-corrected chi connectivity index (χ4v) is 2.47. The second-order valence-corrected chi connectivity index (χ2v) is 6.83. The van der Waals surface area contributed by atoms with E-state index < -0.39 is 6.10 Å². The molecule has 136 valence electrons. The monoisotopic (exact) mass is 402 g/mol. The van der Waals surface area contributed by atoms with Crippen molar-refractivity contribution in [3.8, 4) is 0 Å². The highest BCUT2D eigenvalue weighted by molar-refractivity contribution is 9.10. The highest BCUT2D eigenvalue weighted by Gasteiger charge is 2.14. The van der Waals surface area contributed by atoms with Crippen molar-refractivity contribution in [2.24, 2.45) is 0 Å². The molecular formula is C17H27BrN2O4. The number of nitrogens with one attached hydrogen (secondary N) is 1. The molecule has 1 aromatic carbocycles. The Morgan fingerprint density at radius 1 is 1.38 bits per heavy atom. The number of urea groups is 1. The molecule has 2 amide bonds. The van der Waals surface area contributed by atoms with E-state index in [1.165, 1.54) is 4.90 Å². The van der Waals surface area contributed by atoms with E-state index in [2.05, 4.69) is 21.2 Å². The number of carbonyl (C=O) groups excluding carboxylic acids is 1. The molecule has 2 N–H and O–H groups in total. The predicted octanol–water partition coefficient (Wildman–Crippen LogP) is 3.02. The SMILES string of the molecule is Cc1cc(Br)ccc1NC(=O)N(C)CC(O)COCCOC(C)C. The predicted molar refractivity (Wildman–Crippen MR) is 98.4 cm³/mol. The summed E-state index contributed by atoms with van der Waals surface area (Å²) >= 11 is 3.39. The van der Waals surface area contributed by atoms with Crippen LogP contribution in [-0.2, 0) is 9.47 Å². The number of likely N-dealkylation sites (N-methyl/N-ethyl adjacent to an activating group) is 1. The first-order valence-corrected chi connectivity index (χ1v) is 8.74. The summed E-state index contributed by atoms with van der Waals surface area (Å²) in [6.07, 6.45) is -0.582. The Hall–Kier alpha value is -1.15. The number of hydrogen-bond donors (Lipinski definition) is 2. The third-order valence-electron chi connectivity index (χ3n) is 3.25. The molecule has 0 aromatic heterocycles. The minimum atomic E-state index is -0.745. The number of anilines is 1. The van der Waals surface area contributed by atoms with E-state index >= 15 is 0 Å². The van der Waals surface area contributed by atoms with Crippen LogP contribution in [0.3, 0.4) is 0 Å². The normalized spacial score (nSPS) is 12.3. The second-order valence-electron chi connectivity index (χ2n) is 5.92. The number of amides is 2. The zero-order valence-electron chi connectivity index (χ0n) is 14.7. The summed E-state index contributed by atoms with van der Waals surface area (Å²) in [4.78, 5) is 13.6. The molecule has 0 bridgehead atoms. The van der Waals surface area contributed by atoms with Crippen LogP contribution < -0.4 is 5.32 Å². The number of halogens is 1. The Morgan fingerprint density at radius 3 is 2.71 bits per heavy atom. The van der Waals surface area contributed by atoms with Gasteiger partial charge in [-0.15, -0.1) is 0 Å². The van der Waals surface area contributed by atoms with Crippen LogP contribution in [0.5, 0.6) is 0 Å². The topological polar surface area (TPSA) is 71.0 Å². The summed E-state index contributed by atoms with van der Waals surface area (Å²) in [6.45, 7) is 7.09. The van der Waals surface area contributed by atoms with Crippen LogP contribution in [0.2, 0.25) is 0 Å². The first kappa shape index (κ1) is 20.9. The summed E-state index contributed by atoms with van der Waals surface area (Å²) in [5.41, 5.74) is 1.70. The van der Waals surface area contributed by atoms with Crippen LogP contribution in [0, 0.1) is 6.92 Å². The molecule has 0 heterocycles. The van der Waals surface area contributed by atoms with E-state index in [1.807, 2.05) is 39.0 Å². The Bertz CT molecular complexity index is 525. The van der Waals surface area contributed by atoms with Gasteiger partial charge < -0.3 is 24.8 Å². The van der Waals surface area contributed by atoms with Gasteiger partial charge in [-0.1, -0.05) is 15.9 Å². The van der Waals surface area contributed by atoms with E-state index in [0.717, 1.165) is 15.7 Å². The van der Waals surface area contributed by atoms with Crippen LogP contribution in [0.1, 0.15) is 19.4 Å². The van der Waals surface area contributed by atoms with Crippen LogP contribution >= 0.6 is 15.9 Å². The number of aliphatic hydroxyl groups excluding tert-OH is 1. The molecule has 24 heavy (non-hydrogen) atoms. The first-order chi connectivity index (χ1) is 11.3. The van der Waals surface area contributed by atoms with E-state index in [9.17, 15) is 9.90 Å². The fraction of sp³-hybridized carbons (Fsp3) is 0.588. The van der Waals surface area contributed by atoms with Crippen molar-refractivity contribution < 1.29 is 19.4 Å². The lowest BCUT2D eigenvalue weighted by atomic mass is 10.2. The first-order valence-electron chi connectivity index (χ1n) is 7.95. The molecule has 6 nitrogen and oxygen atoms in total. The number of hydrogen-bond acceptors (Lipinski definition) is 4. The highest BCUT2D eigenvalue weighted by Crippen LogP contribution is 2.20. The zero-order chi connectivity index (χ0) is 18.1. The zero-order valence-corrected chi connectivity index (χ0v) is 16.3. The van der Waals surface area contributed by atoms with Crippen molar-refractivity contribution in [3.05, 3.63) is 28.2 Å². The molecule has 1 unspecified atom stereocenters. The lowest BCUT2D eigenvalue weighted by molar-refractivity contribution is -0.0144. The molecule has 0 radical (unpaired) electrons. The summed E-state index contributed by atoms with van der Waals surface area (Å²) in [7, 11) is 1.63. The fourth-order valence-electron chi connectivity index (χ4n) is 1.99. The lowest BCUT2D eigenvalue weighted by Crippen LogP contribution is -2.39. The van der Waals surface area contributed by atoms with Gasteiger partial charge in [0.05, 0.1) is 38.6 Å². The van der Waals surface area contributed by atoms with Crippen molar-refractivity contribution in [1.29, 1.82) is 0 Å². The maximum absolute atomic E-state index is 12.2. The van der Waals surface area contributed by atoms with E-state index in [0.29, 0.717) is 13.2 Å². The minimum Gasteiger partial charge on any atom is -0.389 e. The molecular weight excluding hydrogens is 376 g/mol. The number of benzene rings is 1. The highest BCUT2D eigenvalue weighted by atomic mass is 79.9. The van der Waals surface area contributed by atoms with Gasteiger partial charge in [-0.25, -0.2) is 4.79 Å². The Kier molecular flexibility index (Phi) is 9.28. The Labute approximate surface area is 152 Å². The van der Waals surface area contributed by atoms with Crippen molar-refractivity contribution in [1.82, 2.24) is 4.90 Å². The molecule has 1 rings (SSSR count). The van der Waals surface area contributed by atoms with Crippen LogP contribution in [0.4, 0.5) is 10.5 Å². The average molecular weight is 403 g/mol. The number of carbonyl (C=O) groups is 1. The quantitative estimate of drug-likeness (QED) is 0.622. The van der Waals surface area contributed by atoms with Crippen molar-refractivity contribution in [3.63, 3.8) is 0 Å². The van der Waals surface area contributed by atoms with E-state index in [1.54, 1.807) is 7.05 Å². The smallest absolute Gasteiger partial charge is 0.321 e. The molecule has 1 atom stereocenters. The van der Waals surface area contributed by atoms with Crippen molar-refractivity contribution in [2.45, 2.75) is 33.0 Å². The molecule has 0 fully saturated rings. The van der Waals surface area contributed by atoms with Gasteiger partial charge >= 0.3 is 6.03 Å². The van der Waals surface area contributed by atoms with E-state index in [-0.39, 0.29) is 25.3 Å². The van der Waals surface area contributed by atoms with Crippen LogP contribution in [0.15, 0.2) is 22.7 Å². The third-order valence-corrected chi connectivity index (χ3v) is 3.74. The van der Waals surface area contributed by atoms with E-state index in [4.69, 9.17) is 9.47 Å². The summed E-state index contributed by atoms with van der Waals surface area (Å²) in [5, 5.41) is 12.8. The average Bonchev–Trinajstić information content (AvgIpc) is 2.49. The minimum absolute atomic E-state index is 0.162. The molecule has 0 saturated heterocycles. The van der Waals surface area contributed by atoms with Crippen molar-refractivity contribution >= 4 is 27.6 Å². The Balaban J connectivity index is 2.32. The van der Waals surface area contributed by atoms with Gasteiger partial charge in [-0.3, -0.25) is 0 Å². The standard InChI is InChI=1S/C17H27BrN2O4/c1-12(2)24-8-7-23-11-15(21)10-20(4)17(22)19-16-6-5-14(18)9-13(16)3/h5-6,9,12,15,21H,7-8,10-11H2,1-4H3,(H,19,22). The number of aryl methyl sites for hydroxylation is 1. The number of rotatable bonds is 9. The largest absolute Gasteiger partial charge is 0.389 e. The molecule has 0 aliphatic carbocycles. The number of aliphatic hydroxyl groups is 1. The Morgan fingerprint density at radius 2 is 2.08 bits per heavy atom. The van der Waals surface area contributed by atoms with Crippen molar-refractivity contribution in [2.75, 3.05) is 38.7 Å². The van der Waals surface area contributed by atoms with Gasteiger partial charge in [0.25, 0.3) is 0 Å². The van der Waals surface area contributed by atoms with Gasteiger partial charge in [0.15, 0.2) is 0 Å². The lowest BCUT2D eigenvalue weighted by Gasteiger charge is -2.22. The summed E-state index contributed by atoms with van der Waals surface area (Å²) < 4.78 is 11.6. The summed E-state index contributed by atoms with van der Waals surface area (Å²) in [6, 6.07) is 5.35. The molecule has 1 aromatic rings. The molecule has 0 saturated carbocycles. The molecule has 0 aliphatic rings. The second kappa shape index (κ2) is 10.7. The number of nitrogens with zero attached hydrogens (tertiary/aromatic N) is 1. The van der Waals surface area contributed by atoms with Gasteiger partial charge in [-0.2, -0.15) is 0 Å². The van der Waals surface area contributed by atoms with Gasteiger partial charge in [0.1, 0.15) is 0 Å². The summed E-state index contributed by atoms with van der Waals surface area (Å²) in [5.74, 6) is 0. The van der Waals surface area contributed by atoms with Gasteiger partial charge in [-0.05, 0) is 44.5 Å². The van der Waals surface area contributed by atoms with Crippen LogP contribution in [0.25, 0.3) is 0 Å². The number of ether oxygens (including phenoxy) is 2. The third kappa shape index (κ3) is 8.10. The van der Waals surface area contributed by atoms with Crippen LogP contribution in [-0.4, -0.2) is 61.7 Å². The maximum atomic E-state index is 12.2. The molecule has 0 spiro atoms. The van der Waals surface area contributed by atoms with Gasteiger partial charge in [0.2, 0.25) is 0 Å².